The number of carbonyl (C=O) groups is 1. The van der Waals surface area contributed by atoms with Gasteiger partial charge in [-0.1, -0.05) is 6.32 Å². The quantitative estimate of drug-likeness (QED) is 0.592. The molecule has 0 saturated carbocycles. The minimum atomic E-state index is -0.494. The van der Waals surface area contributed by atoms with Crippen molar-refractivity contribution in [3.8, 4) is 0 Å². The number of nitrogens with zero attached hydrogens (tertiary/aromatic N) is 1. The van der Waals surface area contributed by atoms with Crippen LogP contribution in [0.2, 0.25) is 6.32 Å². The molecule has 0 aliphatic carbocycles. The molecule has 1 heterocycles. The van der Waals surface area contributed by atoms with Crippen LogP contribution in [0, 0.1) is 5.92 Å². The lowest BCUT2D eigenvalue weighted by molar-refractivity contribution is 0.0104. The predicted molar refractivity (Wildman–Crippen MR) is 65.5 cm³/mol. The number of hydrogen-bond donors (Lipinski definition) is 1. The van der Waals surface area contributed by atoms with Crippen LogP contribution in [0.25, 0.3) is 0 Å². The monoisotopic (exact) mass is 240 g/mol. The van der Waals surface area contributed by atoms with E-state index in [0.717, 1.165) is 6.42 Å². The number of likely N-dealkylation sites (tertiary alicyclic amines) is 1. The van der Waals surface area contributed by atoms with Crippen molar-refractivity contribution >= 4 is 13.9 Å². The Morgan fingerprint density at radius 3 is 2.65 bits per heavy atom. The molecular formula is C11H21BN2O3. The maximum atomic E-state index is 12.0. The molecule has 0 aromatic rings. The second-order valence-corrected chi connectivity index (χ2v) is 5.46. The fraction of sp³-hybridized carbons (Fsp3) is 0.909. The van der Waals surface area contributed by atoms with Gasteiger partial charge in [0.05, 0.1) is 20.5 Å². The van der Waals surface area contributed by atoms with E-state index in [-0.39, 0.29) is 12.1 Å². The van der Waals surface area contributed by atoms with Gasteiger partial charge in [-0.3, -0.25) is 0 Å². The lowest BCUT2D eigenvalue weighted by atomic mass is 9.89. The first-order valence-corrected chi connectivity index (χ1v) is 5.88. The van der Waals surface area contributed by atoms with Crippen LogP contribution >= 0.6 is 0 Å². The molecule has 2 unspecified atom stereocenters. The predicted octanol–water partition coefficient (Wildman–Crippen LogP) is 1.09. The number of amides is 1. The van der Waals surface area contributed by atoms with Crippen LogP contribution in [-0.2, 0) is 9.57 Å². The van der Waals surface area contributed by atoms with Crippen molar-refractivity contribution in [2.75, 3.05) is 13.2 Å². The number of rotatable bonds is 3. The van der Waals surface area contributed by atoms with Crippen molar-refractivity contribution in [1.29, 1.82) is 0 Å². The standard InChI is InChI=1S/C11H21BN2O3/c1-11(2,3)17-10(15)14-6-8(5-12)4-9(14)7-16-13/h8-9H,4-7,13H2,1-3H3. The molecule has 96 valence electrons. The molecule has 2 N–H and O–H groups in total. The Labute approximate surface area is 104 Å². The van der Waals surface area contributed by atoms with E-state index < -0.39 is 5.60 Å². The van der Waals surface area contributed by atoms with Gasteiger partial charge in [0.25, 0.3) is 0 Å². The fourth-order valence-corrected chi connectivity index (χ4v) is 2.00. The van der Waals surface area contributed by atoms with Crippen LogP contribution in [0.5, 0.6) is 0 Å². The van der Waals surface area contributed by atoms with Gasteiger partial charge < -0.3 is 14.5 Å². The summed E-state index contributed by atoms with van der Waals surface area (Å²) in [7, 11) is 5.63. The van der Waals surface area contributed by atoms with E-state index in [9.17, 15) is 4.79 Å². The number of carbonyl (C=O) groups excluding carboxylic acids is 1. The molecule has 0 aromatic heterocycles. The Morgan fingerprint density at radius 2 is 2.18 bits per heavy atom. The molecule has 1 rings (SSSR count). The van der Waals surface area contributed by atoms with Crippen molar-refractivity contribution in [2.24, 2.45) is 11.8 Å². The van der Waals surface area contributed by atoms with Crippen LogP contribution in [0.15, 0.2) is 0 Å². The van der Waals surface area contributed by atoms with Gasteiger partial charge in [-0.05, 0) is 33.1 Å². The first-order valence-electron chi connectivity index (χ1n) is 5.88. The average Bonchev–Trinajstić information content (AvgIpc) is 2.59. The van der Waals surface area contributed by atoms with Gasteiger partial charge >= 0.3 is 6.09 Å². The first-order chi connectivity index (χ1) is 7.87. The third kappa shape index (κ3) is 4.20. The highest BCUT2D eigenvalue weighted by Crippen LogP contribution is 2.27. The Bertz CT molecular complexity index is 268. The Balaban J connectivity index is 2.63. The van der Waals surface area contributed by atoms with Crippen LogP contribution in [0.3, 0.4) is 0 Å². The van der Waals surface area contributed by atoms with Crippen molar-refractivity contribution in [3.05, 3.63) is 0 Å². The maximum absolute atomic E-state index is 12.0. The lowest BCUT2D eigenvalue weighted by Crippen LogP contribution is -2.42. The summed E-state index contributed by atoms with van der Waals surface area (Å²) in [6.07, 6.45) is 1.04. The summed E-state index contributed by atoms with van der Waals surface area (Å²) in [5.74, 6) is 5.37. The van der Waals surface area contributed by atoms with Crippen LogP contribution in [-0.4, -0.2) is 43.6 Å². The lowest BCUT2D eigenvalue weighted by Gasteiger charge is -2.28. The van der Waals surface area contributed by atoms with E-state index in [1.54, 1.807) is 4.90 Å². The normalized spacial score (nSPS) is 25.1. The van der Waals surface area contributed by atoms with Gasteiger partial charge in [-0.2, -0.15) is 0 Å². The van der Waals surface area contributed by atoms with Gasteiger partial charge in [0, 0.05) is 6.54 Å². The molecule has 1 aliphatic heterocycles. The van der Waals surface area contributed by atoms with Crippen molar-refractivity contribution < 1.29 is 14.4 Å². The molecule has 0 aromatic carbocycles. The van der Waals surface area contributed by atoms with Gasteiger partial charge in [-0.15, -0.1) is 0 Å². The highest BCUT2D eigenvalue weighted by molar-refractivity contribution is 6.08. The highest BCUT2D eigenvalue weighted by atomic mass is 16.6. The van der Waals surface area contributed by atoms with Crippen LogP contribution in [0.1, 0.15) is 27.2 Å². The summed E-state index contributed by atoms with van der Waals surface area (Å²) in [6, 6.07) is -0.0385. The number of ether oxygens (including phenoxy) is 1. The van der Waals surface area contributed by atoms with E-state index >= 15 is 0 Å². The summed E-state index contributed by atoms with van der Waals surface area (Å²) in [4.78, 5) is 18.3. The van der Waals surface area contributed by atoms with Gasteiger partial charge in [0.2, 0.25) is 0 Å². The molecule has 0 spiro atoms. The molecule has 1 aliphatic rings. The topological polar surface area (TPSA) is 64.8 Å². The van der Waals surface area contributed by atoms with E-state index in [0.29, 0.717) is 25.4 Å². The summed E-state index contributed by atoms with van der Waals surface area (Å²) in [6.45, 7) is 6.46. The third-order valence-electron chi connectivity index (χ3n) is 2.75. The summed E-state index contributed by atoms with van der Waals surface area (Å²) in [5.41, 5.74) is -0.494. The molecule has 6 heteroatoms. The molecule has 1 amide bonds. The Morgan fingerprint density at radius 1 is 1.53 bits per heavy atom. The van der Waals surface area contributed by atoms with E-state index in [2.05, 4.69) is 4.84 Å². The zero-order chi connectivity index (χ0) is 13.1. The molecular weight excluding hydrogens is 219 g/mol. The fourth-order valence-electron chi connectivity index (χ4n) is 2.00. The van der Waals surface area contributed by atoms with Gasteiger partial charge in [0.1, 0.15) is 5.60 Å². The largest absolute Gasteiger partial charge is 0.444 e. The summed E-state index contributed by atoms with van der Waals surface area (Å²) >= 11 is 0. The molecule has 17 heavy (non-hydrogen) atoms. The highest BCUT2D eigenvalue weighted by Gasteiger charge is 2.36. The number of hydrogen-bond acceptors (Lipinski definition) is 4. The molecule has 0 bridgehead atoms. The van der Waals surface area contributed by atoms with Crippen molar-refractivity contribution in [3.63, 3.8) is 0 Å². The van der Waals surface area contributed by atoms with E-state index in [1.165, 1.54) is 0 Å². The van der Waals surface area contributed by atoms with Crippen LogP contribution < -0.4 is 5.90 Å². The Hall–Kier alpha value is -0.745. The average molecular weight is 240 g/mol. The van der Waals surface area contributed by atoms with Gasteiger partial charge in [0.15, 0.2) is 0 Å². The smallest absolute Gasteiger partial charge is 0.410 e. The Kier molecular flexibility index (Phi) is 4.83. The van der Waals surface area contributed by atoms with Crippen molar-refractivity contribution in [1.82, 2.24) is 4.90 Å². The maximum Gasteiger partial charge on any atom is 0.410 e. The SMILES string of the molecule is [B]CC1CC(CON)N(C(=O)OC(C)(C)C)C1. The zero-order valence-electron chi connectivity index (χ0n) is 10.8. The zero-order valence-corrected chi connectivity index (χ0v) is 10.8. The molecule has 1 fully saturated rings. The third-order valence-corrected chi connectivity index (χ3v) is 2.75. The molecule has 5 nitrogen and oxygen atoms in total. The summed E-state index contributed by atoms with van der Waals surface area (Å²) in [5, 5.41) is 0. The molecule has 1 saturated heterocycles. The second kappa shape index (κ2) is 5.73. The van der Waals surface area contributed by atoms with Crippen molar-refractivity contribution in [2.45, 2.75) is 45.2 Å². The van der Waals surface area contributed by atoms with Crippen LogP contribution in [0.4, 0.5) is 4.79 Å². The molecule has 2 radical (unpaired) electrons. The number of nitrogens with two attached hydrogens (primary N) is 1. The summed E-state index contributed by atoms with van der Waals surface area (Å²) < 4.78 is 5.34. The minimum Gasteiger partial charge on any atom is -0.444 e. The first kappa shape index (κ1) is 14.3. The minimum absolute atomic E-state index is 0.0385. The van der Waals surface area contributed by atoms with E-state index in [4.69, 9.17) is 18.5 Å². The molecule has 2 atom stereocenters. The second-order valence-electron chi connectivity index (χ2n) is 5.46. The van der Waals surface area contributed by atoms with E-state index in [1.807, 2.05) is 20.8 Å². The van der Waals surface area contributed by atoms with Gasteiger partial charge in [-0.25, -0.2) is 10.7 Å².